The molecular weight excluding hydrogens is 314 g/mol. The molecule has 1 heterocycles. The summed E-state index contributed by atoms with van der Waals surface area (Å²) in [5.74, 6) is -0.00717. The van der Waals surface area contributed by atoms with E-state index < -0.39 is 29.8 Å². The molecule has 0 aromatic heterocycles. The highest BCUT2D eigenvalue weighted by Crippen LogP contribution is 2.30. The van der Waals surface area contributed by atoms with E-state index >= 15 is 0 Å². The van der Waals surface area contributed by atoms with E-state index in [9.17, 15) is 14.7 Å². The normalized spacial score (nSPS) is 20.6. The van der Waals surface area contributed by atoms with Gasteiger partial charge in [-0.05, 0) is 32.9 Å². The number of ether oxygens (including phenoxy) is 3. The summed E-state index contributed by atoms with van der Waals surface area (Å²) in [5, 5.41) is 9.39. The van der Waals surface area contributed by atoms with E-state index in [4.69, 9.17) is 14.2 Å². The van der Waals surface area contributed by atoms with Gasteiger partial charge >= 0.3 is 12.1 Å². The Bertz CT molecular complexity index is 609. The fourth-order valence-electron chi connectivity index (χ4n) is 2.53. The Morgan fingerprint density at radius 1 is 1.21 bits per heavy atom. The Kier molecular flexibility index (Phi) is 5.21. The van der Waals surface area contributed by atoms with E-state index in [1.165, 1.54) is 12.0 Å². The van der Waals surface area contributed by atoms with Crippen molar-refractivity contribution in [2.75, 3.05) is 13.7 Å². The zero-order chi connectivity index (χ0) is 17.9. The van der Waals surface area contributed by atoms with E-state index in [-0.39, 0.29) is 13.0 Å². The van der Waals surface area contributed by atoms with Crippen molar-refractivity contribution < 1.29 is 28.9 Å². The Hall–Kier alpha value is -2.44. The smallest absolute Gasteiger partial charge is 0.411 e. The number of para-hydroxylation sites is 2. The zero-order valence-corrected chi connectivity index (χ0v) is 14.3. The number of benzene rings is 1. The Labute approximate surface area is 141 Å². The molecular formula is C17H23NO6. The summed E-state index contributed by atoms with van der Waals surface area (Å²) < 4.78 is 16.4. The number of carbonyl (C=O) groups is 2. The minimum Gasteiger partial charge on any atom is -0.493 e. The van der Waals surface area contributed by atoms with Crippen LogP contribution in [0.1, 0.15) is 27.2 Å². The highest BCUT2D eigenvalue weighted by atomic mass is 16.6. The van der Waals surface area contributed by atoms with Gasteiger partial charge in [0.1, 0.15) is 17.7 Å². The maximum absolute atomic E-state index is 12.3. The van der Waals surface area contributed by atoms with Gasteiger partial charge in [0.2, 0.25) is 0 Å². The molecule has 2 rings (SSSR count). The van der Waals surface area contributed by atoms with Crippen molar-refractivity contribution in [1.29, 1.82) is 0 Å². The summed E-state index contributed by atoms with van der Waals surface area (Å²) in [6, 6.07) is 6.13. The minimum atomic E-state index is -1.08. The van der Waals surface area contributed by atoms with Gasteiger partial charge in [0.15, 0.2) is 11.5 Å². The average molecular weight is 337 g/mol. The van der Waals surface area contributed by atoms with Crippen LogP contribution in [0.2, 0.25) is 0 Å². The van der Waals surface area contributed by atoms with Gasteiger partial charge in [-0.1, -0.05) is 12.1 Å². The Morgan fingerprint density at radius 2 is 1.83 bits per heavy atom. The summed E-state index contributed by atoms with van der Waals surface area (Å²) in [7, 11) is 1.53. The molecule has 1 aliphatic heterocycles. The first kappa shape index (κ1) is 17.9. The van der Waals surface area contributed by atoms with E-state index in [1.807, 2.05) is 6.07 Å². The first-order valence-electron chi connectivity index (χ1n) is 7.73. The summed E-state index contributed by atoms with van der Waals surface area (Å²) in [6.07, 6.45) is -0.914. The van der Waals surface area contributed by atoms with Gasteiger partial charge in [-0.3, -0.25) is 4.90 Å². The van der Waals surface area contributed by atoms with Gasteiger partial charge in [0.05, 0.1) is 13.7 Å². The van der Waals surface area contributed by atoms with Crippen LogP contribution >= 0.6 is 0 Å². The summed E-state index contributed by atoms with van der Waals surface area (Å²) in [6.45, 7) is 5.35. The molecule has 1 amide bonds. The largest absolute Gasteiger partial charge is 0.493 e. The predicted octanol–water partition coefficient (Wildman–Crippen LogP) is 2.54. The predicted molar refractivity (Wildman–Crippen MR) is 86.4 cm³/mol. The van der Waals surface area contributed by atoms with E-state index in [0.29, 0.717) is 11.5 Å². The fourth-order valence-corrected chi connectivity index (χ4v) is 2.53. The molecule has 7 heteroatoms. The van der Waals surface area contributed by atoms with Gasteiger partial charge in [-0.25, -0.2) is 9.59 Å². The molecule has 1 fully saturated rings. The van der Waals surface area contributed by atoms with Crippen LogP contribution in [0.4, 0.5) is 4.79 Å². The van der Waals surface area contributed by atoms with Crippen molar-refractivity contribution in [3.05, 3.63) is 24.3 Å². The van der Waals surface area contributed by atoms with Crippen molar-refractivity contribution in [3.63, 3.8) is 0 Å². The number of amides is 1. The second kappa shape index (κ2) is 6.98. The summed E-state index contributed by atoms with van der Waals surface area (Å²) in [5.41, 5.74) is -0.693. The highest BCUT2D eigenvalue weighted by molar-refractivity contribution is 5.81. The Balaban J connectivity index is 2.12. The van der Waals surface area contributed by atoms with Crippen LogP contribution in [-0.4, -0.2) is 53.5 Å². The maximum Gasteiger partial charge on any atom is 0.411 e. The summed E-state index contributed by atoms with van der Waals surface area (Å²) in [4.78, 5) is 24.9. The van der Waals surface area contributed by atoms with Crippen LogP contribution in [0.25, 0.3) is 0 Å². The minimum absolute atomic E-state index is 0.143. The third-order valence-electron chi connectivity index (χ3n) is 3.54. The Morgan fingerprint density at radius 3 is 2.38 bits per heavy atom. The van der Waals surface area contributed by atoms with Gasteiger partial charge in [-0.15, -0.1) is 0 Å². The lowest BCUT2D eigenvalue weighted by molar-refractivity contribution is -0.142. The second-order valence-corrected chi connectivity index (χ2v) is 6.61. The van der Waals surface area contributed by atoms with Crippen molar-refractivity contribution in [2.45, 2.75) is 44.9 Å². The van der Waals surface area contributed by atoms with Crippen LogP contribution in [-0.2, 0) is 9.53 Å². The van der Waals surface area contributed by atoms with Crippen LogP contribution < -0.4 is 9.47 Å². The zero-order valence-electron chi connectivity index (χ0n) is 14.3. The first-order valence-corrected chi connectivity index (χ1v) is 7.73. The number of rotatable bonds is 4. The molecule has 2 atom stereocenters. The molecule has 7 nitrogen and oxygen atoms in total. The standard InChI is InChI=1S/C17H23NO6/c1-17(2,3)24-16(21)18-10-11(9-12(18)15(19)20)23-14-8-6-5-7-13(14)22-4/h5-8,11-12H,9-10H2,1-4H3,(H,19,20). The number of carbonyl (C=O) groups excluding carboxylic acids is 1. The van der Waals surface area contributed by atoms with Crippen LogP contribution in [0.5, 0.6) is 11.5 Å². The maximum atomic E-state index is 12.3. The van der Waals surface area contributed by atoms with E-state index in [2.05, 4.69) is 0 Å². The topological polar surface area (TPSA) is 85.3 Å². The number of carboxylic acid groups (broad SMARTS) is 1. The number of hydrogen-bond donors (Lipinski definition) is 1. The van der Waals surface area contributed by atoms with Gasteiger partial charge < -0.3 is 19.3 Å². The molecule has 1 saturated heterocycles. The van der Waals surface area contributed by atoms with Crippen molar-refractivity contribution >= 4 is 12.1 Å². The third kappa shape index (κ3) is 4.31. The quantitative estimate of drug-likeness (QED) is 0.909. The lowest BCUT2D eigenvalue weighted by Gasteiger charge is -2.26. The number of methoxy groups -OCH3 is 1. The molecule has 0 spiro atoms. The molecule has 132 valence electrons. The molecule has 2 unspecified atom stereocenters. The van der Waals surface area contributed by atoms with Crippen LogP contribution in [0.3, 0.4) is 0 Å². The molecule has 0 bridgehead atoms. The molecule has 0 saturated carbocycles. The molecule has 1 N–H and O–H groups in total. The number of nitrogens with zero attached hydrogens (tertiary/aromatic N) is 1. The van der Waals surface area contributed by atoms with Gasteiger partial charge in [0, 0.05) is 6.42 Å². The number of carboxylic acids is 1. The molecule has 1 aromatic carbocycles. The second-order valence-electron chi connectivity index (χ2n) is 6.61. The average Bonchev–Trinajstić information content (AvgIpc) is 2.90. The number of hydrogen-bond acceptors (Lipinski definition) is 5. The number of likely N-dealkylation sites (tertiary alicyclic amines) is 1. The molecule has 1 aliphatic rings. The van der Waals surface area contributed by atoms with E-state index in [0.717, 1.165) is 0 Å². The lowest BCUT2D eigenvalue weighted by atomic mass is 10.2. The highest BCUT2D eigenvalue weighted by Gasteiger charge is 2.42. The lowest BCUT2D eigenvalue weighted by Crippen LogP contribution is -2.43. The van der Waals surface area contributed by atoms with Crippen LogP contribution in [0, 0.1) is 0 Å². The van der Waals surface area contributed by atoms with Crippen LogP contribution in [0.15, 0.2) is 24.3 Å². The molecule has 0 aliphatic carbocycles. The SMILES string of the molecule is COc1ccccc1OC1CC(C(=O)O)N(C(=O)OC(C)(C)C)C1. The molecule has 24 heavy (non-hydrogen) atoms. The van der Waals surface area contributed by atoms with Gasteiger partial charge in [0.25, 0.3) is 0 Å². The third-order valence-corrected chi connectivity index (χ3v) is 3.54. The molecule has 0 radical (unpaired) electrons. The van der Waals surface area contributed by atoms with Gasteiger partial charge in [-0.2, -0.15) is 0 Å². The fraction of sp³-hybridized carbons (Fsp3) is 0.529. The van der Waals surface area contributed by atoms with Crippen molar-refractivity contribution in [1.82, 2.24) is 4.90 Å². The van der Waals surface area contributed by atoms with E-state index in [1.54, 1.807) is 39.0 Å². The van der Waals surface area contributed by atoms with Crippen molar-refractivity contribution in [3.8, 4) is 11.5 Å². The number of aliphatic carboxylic acids is 1. The monoisotopic (exact) mass is 337 g/mol. The first-order chi connectivity index (χ1) is 11.2. The summed E-state index contributed by atoms with van der Waals surface area (Å²) >= 11 is 0. The van der Waals surface area contributed by atoms with Crippen molar-refractivity contribution in [2.24, 2.45) is 0 Å². The molecule has 1 aromatic rings.